The van der Waals surface area contributed by atoms with Crippen LogP contribution in [0.15, 0.2) is 24.3 Å². The monoisotopic (exact) mass is 244 g/mol. The van der Waals surface area contributed by atoms with Crippen molar-refractivity contribution in [2.45, 2.75) is 19.1 Å². The second kappa shape index (κ2) is 4.56. The van der Waals surface area contributed by atoms with Gasteiger partial charge in [0.25, 0.3) is 0 Å². The summed E-state index contributed by atoms with van der Waals surface area (Å²) in [6, 6.07) is 5.74. The predicted molar refractivity (Wildman–Crippen MR) is 61.2 cm³/mol. The Morgan fingerprint density at radius 2 is 1.88 bits per heavy atom. The van der Waals surface area contributed by atoms with Crippen LogP contribution in [0.1, 0.15) is 5.56 Å². The molecule has 1 N–H and O–H groups in total. The molecule has 0 aliphatic carbocycles. The molecule has 1 fully saturated rings. The van der Waals surface area contributed by atoms with Crippen LogP contribution in [-0.4, -0.2) is 31.9 Å². The Labute approximate surface area is 98.4 Å². The molecule has 0 spiro atoms. The van der Waals surface area contributed by atoms with Crippen molar-refractivity contribution in [2.75, 3.05) is 24.5 Å². The van der Waals surface area contributed by atoms with Gasteiger partial charge in [-0.05, 0) is 19.1 Å². The maximum absolute atomic E-state index is 12.9. The first kappa shape index (κ1) is 12.2. The van der Waals surface area contributed by atoms with E-state index in [9.17, 15) is 13.2 Å². The van der Waals surface area contributed by atoms with Crippen LogP contribution in [0.25, 0.3) is 0 Å². The first-order valence-electron chi connectivity index (χ1n) is 5.59. The predicted octanol–water partition coefficient (Wildman–Crippen LogP) is 2.34. The van der Waals surface area contributed by atoms with E-state index in [1.165, 1.54) is 4.90 Å². The van der Waals surface area contributed by atoms with Gasteiger partial charge in [0.05, 0.1) is 0 Å². The van der Waals surface area contributed by atoms with Crippen LogP contribution >= 0.6 is 0 Å². The summed E-state index contributed by atoms with van der Waals surface area (Å²) in [5.74, 6) is 0. The molecular weight excluding hydrogens is 229 g/mol. The van der Waals surface area contributed by atoms with Crippen molar-refractivity contribution in [2.24, 2.45) is 0 Å². The molecule has 1 heterocycles. The van der Waals surface area contributed by atoms with Crippen LogP contribution in [0, 0.1) is 6.92 Å². The number of aryl methyl sites for hydroxylation is 1. The molecule has 5 heteroatoms. The highest BCUT2D eigenvalue weighted by molar-refractivity contribution is 5.49. The molecule has 17 heavy (non-hydrogen) atoms. The smallest absolute Gasteiger partial charge is 0.357 e. The largest absolute Gasteiger partial charge is 0.409 e. The van der Waals surface area contributed by atoms with E-state index in [4.69, 9.17) is 0 Å². The number of nitrogens with one attached hydrogen (secondary N) is 1. The van der Waals surface area contributed by atoms with Crippen molar-refractivity contribution >= 4 is 5.69 Å². The van der Waals surface area contributed by atoms with Crippen LogP contribution in [0.5, 0.6) is 0 Å². The zero-order valence-electron chi connectivity index (χ0n) is 9.59. The molecule has 1 aliphatic rings. The van der Waals surface area contributed by atoms with Gasteiger partial charge >= 0.3 is 6.18 Å². The lowest BCUT2D eigenvalue weighted by atomic mass is 10.1. The molecule has 0 radical (unpaired) electrons. The molecule has 1 aromatic carbocycles. The number of nitrogens with zero attached hydrogens (tertiary/aromatic N) is 1. The van der Waals surface area contributed by atoms with Crippen LogP contribution in [0.2, 0.25) is 0 Å². The molecule has 0 aromatic heterocycles. The third kappa shape index (κ3) is 2.72. The number of benzene rings is 1. The molecule has 94 valence electrons. The van der Waals surface area contributed by atoms with Gasteiger partial charge in [0.15, 0.2) is 0 Å². The normalized spacial score (nSPS) is 21.6. The molecular formula is C12H15F3N2. The lowest BCUT2D eigenvalue weighted by Gasteiger charge is -2.38. The lowest BCUT2D eigenvalue weighted by molar-refractivity contribution is -0.149. The summed E-state index contributed by atoms with van der Waals surface area (Å²) < 4.78 is 38.6. The number of hydrogen-bond donors (Lipinski definition) is 1. The third-order valence-corrected chi connectivity index (χ3v) is 2.99. The average molecular weight is 244 g/mol. The molecule has 0 saturated carbocycles. The van der Waals surface area contributed by atoms with Gasteiger partial charge in [-0.15, -0.1) is 0 Å². The minimum absolute atomic E-state index is 0.0443. The highest BCUT2D eigenvalue weighted by Gasteiger charge is 2.44. The molecule has 1 aliphatic heterocycles. The molecule has 0 amide bonds. The van der Waals surface area contributed by atoms with Crippen LogP contribution in [-0.2, 0) is 0 Å². The Morgan fingerprint density at radius 1 is 1.24 bits per heavy atom. The fraction of sp³-hybridized carbons (Fsp3) is 0.500. The summed E-state index contributed by atoms with van der Waals surface area (Å²) in [6.07, 6.45) is -4.20. The second-order valence-corrected chi connectivity index (χ2v) is 4.29. The zero-order chi connectivity index (χ0) is 12.5. The Morgan fingerprint density at radius 3 is 2.47 bits per heavy atom. The van der Waals surface area contributed by atoms with Gasteiger partial charge in [0, 0.05) is 25.3 Å². The molecule has 2 nitrogen and oxygen atoms in total. The average Bonchev–Trinajstić information content (AvgIpc) is 2.29. The van der Waals surface area contributed by atoms with E-state index in [-0.39, 0.29) is 6.54 Å². The number of alkyl halides is 3. The summed E-state index contributed by atoms with van der Waals surface area (Å²) in [5.41, 5.74) is 1.69. The highest BCUT2D eigenvalue weighted by atomic mass is 19.4. The minimum atomic E-state index is -4.20. The Kier molecular flexibility index (Phi) is 3.28. The summed E-state index contributed by atoms with van der Waals surface area (Å²) in [6.45, 7) is 2.84. The number of hydrogen-bond acceptors (Lipinski definition) is 2. The van der Waals surface area contributed by atoms with E-state index in [1.807, 2.05) is 19.1 Å². The Hall–Kier alpha value is -1.23. The molecule has 0 bridgehead atoms. The van der Waals surface area contributed by atoms with Crippen molar-refractivity contribution in [1.82, 2.24) is 5.32 Å². The minimum Gasteiger partial charge on any atom is -0.357 e. The SMILES string of the molecule is Cc1ccc(N2CCNCC2C(F)(F)F)cc1. The molecule has 1 atom stereocenters. The van der Waals surface area contributed by atoms with Crippen molar-refractivity contribution in [1.29, 1.82) is 0 Å². The van der Waals surface area contributed by atoms with E-state index >= 15 is 0 Å². The first-order valence-corrected chi connectivity index (χ1v) is 5.59. The van der Waals surface area contributed by atoms with Crippen molar-refractivity contribution in [3.63, 3.8) is 0 Å². The molecule has 1 saturated heterocycles. The van der Waals surface area contributed by atoms with Crippen molar-refractivity contribution < 1.29 is 13.2 Å². The maximum atomic E-state index is 12.9. The number of halogens is 3. The number of anilines is 1. The van der Waals surface area contributed by atoms with Gasteiger partial charge in [-0.2, -0.15) is 13.2 Å². The summed E-state index contributed by atoms with van der Waals surface area (Å²) in [7, 11) is 0. The van der Waals surface area contributed by atoms with Gasteiger partial charge in [-0.25, -0.2) is 0 Å². The third-order valence-electron chi connectivity index (χ3n) is 2.99. The van der Waals surface area contributed by atoms with Crippen molar-refractivity contribution in [3.8, 4) is 0 Å². The van der Waals surface area contributed by atoms with E-state index < -0.39 is 12.2 Å². The lowest BCUT2D eigenvalue weighted by Crippen LogP contribution is -2.58. The van der Waals surface area contributed by atoms with Gasteiger partial charge in [0.1, 0.15) is 6.04 Å². The van der Waals surface area contributed by atoms with E-state index in [0.717, 1.165) is 5.56 Å². The van der Waals surface area contributed by atoms with Crippen LogP contribution < -0.4 is 10.2 Å². The molecule has 2 rings (SSSR count). The van der Waals surface area contributed by atoms with Gasteiger partial charge in [-0.1, -0.05) is 17.7 Å². The summed E-state index contributed by atoms with van der Waals surface area (Å²) in [5, 5.41) is 2.79. The maximum Gasteiger partial charge on any atom is 0.409 e. The van der Waals surface area contributed by atoms with E-state index in [1.54, 1.807) is 12.1 Å². The van der Waals surface area contributed by atoms with Gasteiger partial charge in [0.2, 0.25) is 0 Å². The zero-order valence-corrected chi connectivity index (χ0v) is 9.59. The van der Waals surface area contributed by atoms with Gasteiger partial charge in [-0.3, -0.25) is 0 Å². The fourth-order valence-corrected chi connectivity index (χ4v) is 2.04. The number of rotatable bonds is 1. The molecule has 1 unspecified atom stereocenters. The first-order chi connectivity index (χ1) is 7.98. The standard InChI is InChI=1S/C12H15F3N2/c1-9-2-4-10(5-3-9)17-7-6-16-8-11(17)12(13,14)15/h2-5,11,16H,6-8H2,1H3. The van der Waals surface area contributed by atoms with E-state index in [2.05, 4.69) is 5.32 Å². The van der Waals surface area contributed by atoms with Crippen LogP contribution in [0.3, 0.4) is 0 Å². The van der Waals surface area contributed by atoms with Crippen LogP contribution in [0.4, 0.5) is 18.9 Å². The van der Waals surface area contributed by atoms with E-state index in [0.29, 0.717) is 18.8 Å². The summed E-state index contributed by atoms with van der Waals surface area (Å²) >= 11 is 0. The quantitative estimate of drug-likeness (QED) is 0.815. The summed E-state index contributed by atoms with van der Waals surface area (Å²) in [4.78, 5) is 1.43. The molecule has 1 aromatic rings. The Bertz CT molecular complexity index is 372. The Balaban J connectivity index is 2.25. The number of piperazine rings is 1. The highest BCUT2D eigenvalue weighted by Crippen LogP contribution is 2.29. The van der Waals surface area contributed by atoms with Gasteiger partial charge < -0.3 is 10.2 Å². The fourth-order valence-electron chi connectivity index (χ4n) is 2.04. The second-order valence-electron chi connectivity index (χ2n) is 4.29. The van der Waals surface area contributed by atoms with Crippen molar-refractivity contribution in [3.05, 3.63) is 29.8 Å². The topological polar surface area (TPSA) is 15.3 Å².